The Kier molecular flexibility index (Phi) is 5.31. The van der Waals surface area contributed by atoms with E-state index in [1.807, 2.05) is 18.4 Å². The minimum Gasteiger partial charge on any atom is -0.394 e. The van der Waals surface area contributed by atoms with Gasteiger partial charge in [-0.05, 0) is 23.9 Å². The third-order valence-corrected chi connectivity index (χ3v) is 2.85. The van der Waals surface area contributed by atoms with E-state index in [-0.39, 0.29) is 12.5 Å². The van der Waals surface area contributed by atoms with E-state index in [0.717, 1.165) is 10.4 Å². The fourth-order valence-electron chi connectivity index (χ4n) is 1.09. The number of hydrogen-bond acceptors (Lipinski definition) is 4. The normalized spacial score (nSPS) is 10.3. The van der Waals surface area contributed by atoms with Crippen LogP contribution in [0.15, 0.2) is 11.4 Å². The van der Waals surface area contributed by atoms with Crippen LogP contribution in [-0.2, 0) is 4.74 Å². The first kappa shape index (κ1) is 12.2. The molecule has 0 bridgehead atoms. The summed E-state index contributed by atoms with van der Waals surface area (Å²) in [5, 5.41) is 13.1. The van der Waals surface area contributed by atoms with Crippen LogP contribution in [0.25, 0.3) is 0 Å². The molecule has 0 fully saturated rings. The van der Waals surface area contributed by atoms with Gasteiger partial charge in [0.05, 0.1) is 24.7 Å². The zero-order valence-electron chi connectivity index (χ0n) is 8.66. The number of aliphatic hydroxyl groups is 1. The molecule has 0 aliphatic rings. The lowest BCUT2D eigenvalue weighted by Gasteiger charge is -2.04. The Morgan fingerprint density at radius 3 is 3.00 bits per heavy atom. The number of ether oxygens (including phenoxy) is 1. The van der Waals surface area contributed by atoms with Gasteiger partial charge >= 0.3 is 0 Å². The Hall–Kier alpha value is -0.910. The molecule has 0 radical (unpaired) electrons. The van der Waals surface area contributed by atoms with E-state index in [4.69, 9.17) is 9.84 Å². The number of nitrogens with one attached hydrogen (secondary N) is 1. The summed E-state index contributed by atoms with van der Waals surface area (Å²) in [6, 6.07) is 1.92. The van der Waals surface area contributed by atoms with Crippen molar-refractivity contribution in [2.75, 3.05) is 26.4 Å². The van der Waals surface area contributed by atoms with E-state index in [0.29, 0.717) is 19.8 Å². The number of hydrogen-bond donors (Lipinski definition) is 2. The van der Waals surface area contributed by atoms with Crippen molar-refractivity contribution < 1.29 is 14.6 Å². The first-order valence-electron chi connectivity index (χ1n) is 4.76. The van der Waals surface area contributed by atoms with Gasteiger partial charge in [0, 0.05) is 6.54 Å². The fraction of sp³-hybridized carbons (Fsp3) is 0.500. The lowest BCUT2D eigenvalue weighted by atomic mass is 10.3. The second-order valence-electron chi connectivity index (χ2n) is 3.02. The molecule has 0 saturated carbocycles. The third-order valence-electron chi connectivity index (χ3n) is 1.84. The topological polar surface area (TPSA) is 58.6 Å². The summed E-state index contributed by atoms with van der Waals surface area (Å²) < 4.78 is 5.02. The monoisotopic (exact) mass is 229 g/mol. The molecule has 4 nitrogen and oxygen atoms in total. The van der Waals surface area contributed by atoms with Gasteiger partial charge in [-0.1, -0.05) is 0 Å². The molecular formula is C10H15NO3S. The zero-order chi connectivity index (χ0) is 11.1. The van der Waals surface area contributed by atoms with Gasteiger partial charge in [0.2, 0.25) is 0 Å². The molecule has 1 aromatic heterocycles. The predicted octanol–water partition coefficient (Wildman–Crippen LogP) is 0.795. The highest BCUT2D eigenvalue weighted by Gasteiger charge is 2.08. The summed E-state index contributed by atoms with van der Waals surface area (Å²) in [5.74, 6) is -0.0601. The van der Waals surface area contributed by atoms with Crippen LogP contribution >= 0.6 is 11.3 Å². The standard InChI is InChI=1S/C10H15NO3S/c1-8-2-7-15-9(8)10(13)11-3-5-14-6-4-12/h2,7,12H,3-6H2,1H3,(H,11,13). The lowest BCUT2D eigenvalue weighted by Crippen LogP contribution is -2.27. The van der Waals surface area contributed by atoms with Gasteiger partial charge in [-0.25, -0.2) is 0 Å². The van der Waals surface area contributed by atoms with Crippen molar-refractivity contribution in [2.24, 2.45) is 0 Å². The Balaban J connectivity index is 2.22. The average molecular weight is 229 g/mol. The van der Waals surface area contributed by atoms with Gasteiger partial charge in [-0.15, -0.1) is 11.3 Å². The first-order valence-corrected chi connectivity index (χ1v) is 5.64. The number of aliphatic hydroxyl groups excluding tert-OH is 1. The van der Waals surface area contributed by atoms with Crippen molar-refractivity contribution in [1.82, 2.24) is 5.32 Å². The van der Waals surface area contributed by atoms with Crippen LogP contribution in [0.2, 0.25) is 0 Å². The second kappa shape index (κ2) is 6.55. The molecule has 0 aromatic carbocycles. The summed E-state index contributed by atoms with van der Waals surface area (Å²) in [4.78, 5) is 12.3. The van der Waals surface area contributed by atoms with Crippen molar-refractivity contribution >= 4 is 17.2 Å². The predicted molar refractivity (Wildman–Crippen MR) is 59.3 cm³/mol. The van der Waals surface area contributed by atoms with Crippen molar-refractivity contribution in [3.63, 3.8) is 0 Å². The second-order valence-corrected chi connectivity index (χ2v) is 3.94. The van der Waals surface area contributed by atoms with E-state index in [1.54, 1.807) is 0 Å². The van der Waals surface area contributed by atoms with Crippen molar-refractivity contribution in [1.29, 1.82) is 0 Å². The van der Waals surface area contributed by atoms with E-state index >= 15 is 0 Å². The molecule has 2 N–H and O–H groups in total. The van der Waals surface area contributed by atoms with Crippen LogP contribution in [0.4, 0.5) is 0 Å². The molecule has 0 aliphatic heterocycles. The average Bonchev–Trinajstić information content (AvgIpc) is 2.64. The van der Waals surface area contributed by atoms with Crippen LogP contribution in [0, 0.1) is 6.92 Å². The maximum absolute atomic E-state index is 11.6. The number of amides is 1. The Bertz CT molecular complexity index is 311. The van der Waals surface area contributed by atoms with E-state index in [2.05, 4.69) is 5.32 Å². The summed E-state index contributed by atoms with van der Waals surface area (Å²) in [7, 11) is 0. The molecule has 0 atom stereocenters. The summed E-state index contributed by atoms with van der Waals surface area (Å²) in [6.45, 7) is 3.13. The Morgan fingerprint density at radius 2 is 2.40 bits per heavy atom. The van der Waals surface area contributed by atoms with Gasteiger partial charge in [-0.2, -0.15) is 0 Å². The number of thiophene rings is 1. The van der Waals surface area contributed by atoms with Gasteiger partial charge in [0.1, 0.15) is 0 Å². The zero-order valence-corrected chi connectivity index (χ0v) is 9.47. The third kappa shape index (κ3) is 3.99. The molecule has 5 heteroatoms. The van der Waals surface area contributed by atoms with Crippen LogP contribution in [0.3, 0.4) is 0 Å². The lowest BCUT2D eigenvalue weighted by molar-refractivity contribution is 0.0840. The molecule has 0 unspecified atom stereocenters. The summed E-state index contributed by atoms with van der Waals surface area (Å²) >= 11 is 1.43. The van der Waals surface area contributed by atoms with E-state index < -0.39 is 0 Å². The number of carbonyl (C=O) groups is 1. The molecule has 0 aliphatic carbocycles. The summed E-state index contributed by atoms with van der Waals surface area (Å²) in [5.41, 5.74) is 0.994. The largest absolute Gasteiger partial charge is 0.394 e. The molecule has 0 saturated heterocycles. The molecule has 1 amide bonds. The van der Waals surface area contributed by atoms with E-state index in [9.17, 15) is 4.79 Å². The van der Waals surface area contributed by atoms with Crippen LogP contribution in [0.1, 0.15) is 15.2 Å². The molecule has 1 rings (SSSR count). The van der Waals surface area contributed by atoms with E-state index in [1.165, 1.54) is 11.3 Å². The molecule has 84 valence electrons. The molecule has 15 heavy (non-hydrogen) atoms. The van der Waals surface area contributed by atoms with Gasteiger partial charge < -0.3 is 15.2 Å². The maximum Gasteiger partial charge on any atom is 0.261 e. The Morgan fingerprint density at radius 1 is 1.60 bits per heavy atom. The minimum absolute atomic E-state index is 0.0119. The minimum atomic E-state index is -0.0601. The highest BCUT2D eigenvalue weighted by atomic mass is 32.1. The maximum atomic E-state index is 11.6. The van der Waals surface area contributed by atoms with Gasteiger partial charge in [-0.3, -0.25) is 4.79 Å². The highest BCUT2D eigenvalue weighted by molar-refractivity contribution is 7.12. The first-order chi connectivity index (χ1) is 7.25. The van der Waals surface area contributed by atoms with Gasteiger partial charge in [0.15, 0.2) is 0 Å². The van der Waals surface area contributed by atoms with Gasteiger partial charge in [0.25, 0.3) is 5.91 Å². The molecule has 1 aromatic rings. The van der Waals surface area contributed by atoms with Crippen LogP contribution in [0.5, 0.6) is 0 Å². The number of rotatable bonds is 6. The Labute approximate surface area is 92.9 Å². The van der Waals surface area contributed by atoms with Crippen molar-refractivity contribution in [2.45, 2.75) is 6.92 Å². The highest BCUT2D eigenvalue weighted by Crippen LogP contribution is 2.14. The smallest absolute Gasteiger partial charge is 0.261 e. The molecule has 0 spiro atoms. The SMILES string of the molecule is Cc1ccsc1C(=O)NCCOCCO. The van der Waals surface area contributed by atoms with Crippen LogP contribution in [-0.4, -0.2) is 37.4 Å². The van der Waals surface area contributed by atoms with Crippen LogP contribution < -0.4 is 5.32 Å². The van der Waals surface area contributed by atoms with Crippen molar-refractivity contribution in [3.05, 3.63) is 21.9 Å². The van der Waals surface area contributed by atoms with Crippen molar-refractivity contribution in [3.8, 4) is 0 Å². The molecular weight excluding hydrogens is 214 g/mol. The quantitative estimate of drug-likeness (QED) is 0.709. The fourth-order valence-corrected chi connectivity index (χ4v) is 1.93. The molecule has 1 heterocycles. The number of aryl methyl sites for hydroxylation is 1. The summed E-state index contributed by atoms with van der Waals surface area (Å²) in [6.07, 6.45) is 0. The number of carbonyl (C=O) groups excluding carboxylic acids is 1.